The lowest BCUT2D eigenvalue weighted by atomic mass is 10.1. The van der Waals surface area contributed by atoms with Crippen molar-refractivity contribution in [2.45, 2.75) is 95.1 Å². The van der Waals surface area contributed by atoms with E-state index in [1.54, 1.807) is 11.8 Å². The van der Waals surface area contributed by atoms with Crippen molar-refractivity contribution in [3.05, 3.63) is 0 Å². The molecule has 1 N–H and O–H groups in total. The van der Waals surface area contributed by atoms with Crippen molar-refractivity contribution in [3.8, 4) is 0 Å². The molecule has 6 heteroatoms. The molecule has 1 aliphatic heterocycles. The fourth-order valence-electron chi connectivity index (χ4n) is 3.85. The van der Waals surface area contributed by atoms with Gasteiger partial charge in [-0.25, -0.2) is 0 Å². The quantitative estimate of drug-likeness (QED) is 0.726. The summed E-state index contributed by atoms with van der Waals surface area (Å²) < 4.78 is 5.90. The Morgan fingerprint density at radius 1 is 1.12 bits per heavy atom. The highest BCUT2D eigenvalue weighted by Gasteiger charge is 2.39. The van der Waals surface area contributed by atoms with Crippen molar-refractivity contribution in [2.24, 2.45) is 0 Å². The number of aliphatic hydroxyl groups is 1. The Balaban J connectivity index is 1.74. The van der Waals surface area contributed by atoms with E-state index in [0.717, 1.165) is 31.4 Å². The van der Waals surface area contributed by atoms with Gasteiger partial charge in [-0.2, -0.15) is 11.8 Å². The Morgan fingerprint density at radius 2 is 1.69 bits per heavy atom. The number of aliphatic hydroxyl groups excluding tert-OH is 1. The van der Waals surface area contributed by atoms with Crippen LogP contribution in [0.1, 0.15) is 77.6 Å². The first-order chi connectivity index (χ1) is 12.6. The molecule has 26 heavy (non-hydrogen) atoms. The number of ether oxygens (including phenoxy) is 1. The fraction of sp³-hybridized carbons (Fsp3) is 0.900. The van der Waals surface area contributed by atoms with Crippen molar-refractivity contribution >= 4 is 23.5 Å². The van der Waals surface area contributed by atoms with Crippen LogP contribution in [0.5, 0.6) is 0 Å². The highest BCUT2D eigenvalue weighted by Crippen LogP contribution is 2.28. The van der Waals surface area contributed by atoms with Crippen LogP contribution in [0.2, 0.25) is 0 Å². The van der Waals surface area contributed by atoms with Crippen molar-refractivity contribution in [1.29, 1.82) is 0 Å². The van der Waals surface area contributed by atoms with Crippen LogP contribution < -0.4 is 0 Å². The van der Waals surface area contributed by atoms with Crippen molar-refractivity contribution in [2.75, 3.05) is 18.9 Å². The highest BCUT2D eigenvalue weighted by atomic mass is 32.2. The van der Waals surface area contributed by atoms with E-state index < -0.39 is 6.23 Å². The fourth-order valence-corrected chi connectivity index (χ4v) is 4.85. The number of hydrogen-bond acceptors (Lipinski definition) is 5. The molecule has 2 rings (SSSR count). The molecule has 2 atom stereocenters. The minimum atomic E-state index is -0.853. The Kier molecular flexibility index (Phi) is 10.0. The van der Waals surface area contributed by atoms with Gasteiger partial charge in [0.2, 0.25) is 5.91 Å². The summed E-state index contributed by atoms with van der Waals surface area (Å²) in [4.78, 5) is 25.7. The van der Waals surface area contributed by atoms with E-state index in [0.29, 0.717) is 6.42 Å². The molecule has 2 unspecified atom stereocenters. The molecule has 150 valence electrons. The molecule has 2 aliphatic rings. The smallest absolute Gasteiger partial charge is 0.226 e. The molecule has 0 spiro atoms. The second-order valence-corrected chi connectivity index (χ2v) is 9.03. The molecule has 2 fully saturated rings. The lowest BCUT2D eigenvalue weighted by Gasteiger charge is -2.23. The molecule has 5 nitrogen and oxygen atoms in total. The summed E-state index contributed by atoms with van der Waals surface area (Å²) >= 11 is 1.57. The summed E-state index contributed by atoms with van der Waals surface area (Å²) in [5.41, 5.74) is 0. The summed E-state index contributed by atoms with van der Waals surface area (Å²) in [6.07, 6.45) is 11.8. The average Bonchev–Trinajstić information content (AvgIpc) is 2.86. The maximum Gasteiger partial charge on any atom is 0.226 e. The lowest BCUT2D eigenvalue weighted by molar-refractivity contribution is -0.140. The van der Waals surface area contributed by atoms with Crippen molar-refractivity contribution in [3.63, 3.8) is 0 Å². The highest BCUT2D eigenvalue weighted by molar-refractivity contribution is 7.99. The zero-order chi connectivity index (χ0) is 18.8. The molecule has 0 aromatic rings. The van der Waals surface area contributed by atoms with Gasteiger partial charge in [0.25, 0.3) is 0 Å². The van der Waals surface area contributed by atoms with Crippen LogP contribution in [0.4, 0.5) is 0 Å². The second-order valence-electron chi connectivity index (χ2n) is 7.51. The maximum atomic E-state index is 12.3. The van der Waals surface area contributed by atoms with Crippen LogP contribution in [0.15, 0.2) is 0 Å². The minimum Gasteiger partial charge on any atom is -0.372 e. The molecule has 1 amide bonds. The van der Waals surface area contributed by atoms with Gasteiger partial charge in [-0.1, -0.05) is 58.3 Å². The summed E-state index contributed by atoms with van der Waals surface area (Å²) in [5.74, 6) is 0.599. The number of thioether (sulfide) groups is 1. The summed E-state index contributed by atoms with van der Waals surface area (Å²) in [5, 5.41) is 10.1. The zero-order valence-corrected chi connectivity index (χ0v) is 17.0. The third-order valence-corrected chi connectivity index (χ3v) is 6.53. The number of carbonyl (C=O) groups is 2. The first kappa shape index (κ1) is 21.7. The number of nitrogens with zero attached hydrogens (tertiary/aromatic N) is 1. The van der Waals surface area contributed by atoms with Crippen molar-refractivity contribution in [1.82, 2.24) is 4.90 Å². The van der Waals surface area contributed by atoms with E-state index >= 15 is 0 Å². The topological polar surface area (TPSA) is 66.8 Å². The molecule has 1 saturated heterocycles. The van der Waals surface area contributed by atoms with Gasteiger partial charge in [0.15, 0.2) is 5.78 Å². The molecule has 0 bridgehead atoms. The molecule has 1 heterocycles. The first-order valence-electron chi connectivity index (χ1n) is 10.3. The number of ketones is 1. The monoisotopic (exact) mass is 385 g/mol. The Labute approximate surface area is 162 Å². The van der Waals surface area contributed by atoms with Gasteiger partial charge >= 0.3 is 0 Å². The SMILES string of the molecule is CCSC1CC(=O)N(CC(=O)COC2CCCCCCCCCC2)C1O. The lowest BCUT2D eigenvalue weighted by Crippen LogP contribution is -2.41. The third kappa shape index (κ3) is 7.20. The van der Waals surface area contributed by atoms with Crippen LogP contribution in [0.3, 0.4) is 0 Å². The van der Waals surface area contributed by atoms with E-state index in [1.165, 1.54) is 43.4 Å². The largest absolute Gasteiger partial charge is 0.372 e. The number of Topliss-reactive ketones (excluding diaryl/α,β-unsaturated/α-hetero) is 1. The van der Waals surface area contributed by atoms with Crippen LogP contribution in [-0.4, -0.2) is 58.2 Å². The van der Waals surface area contributed by atoms with Crippen molar-refractivity contribution < 1.29 is 19.4 Å². The molecule has 1 aliphatic carbocycles. The number of hydrogen-bond donors (Lipinski definition) is 1. The van der Waals surface area contributed by atoms with Crippen LogP contribution in [0, 0.1) is 0 Å². The summed E-state index contributed by atoms with van der Waals surface area (Å²) in [6.45, 7) is 2.02. The molecule has 0 aromatic carbocycles. The number of rotatable bonds is 7. The molecular formula is C20H35NO4S. The maximum absolute atomic E-state index is 12.3. The van der Waals surface area contributed by atoms with E-state index in [2.05, 4.69) is 0 Å². The summed E-state index contributed by atoms with van der Waals surface area (Å²) in [6, 6.07) is 0. The van der Waals surface area contributed by atoms with E-state index in [-0.39, 0.29) is 36.2 Å². The van der Waals surface area contributed by atoms with Crippen LogP contribution >= 0.6 is 11.8 Å². The zero-order valence-electron chi connectivity index (χ0n) is 16.2. The average molecular weight is 386 g/mol. The summed E-state index contributed by atoms with van der Waals surface area (Å²) in [7, 11) is 0. The molecule has 1 saturated carbocycles. The third-order valence-electron chi connectivity index (χ3n) is 5.36. The molecule has 0 aromatic heterocycles. The standard InChI is InChI=1S/C20H35NO4S/c1-2-26-18-13-19(23)21(20(18)24)14-16(22)15-25-17-11-9-7-5-3-4-6-8-10-12-17/h17-18,20,24H,2-15H2,1H3. The van der Waals surface area contributed by atoms with E-state index in [9.17, 15) is 14.7 Å². The number of likely N-dealkylation sites (tertiary alicyclic amines) is 1. The Hall–Kier alpha value is -0.590. The van der Waals surface area contributed by atoms with Gasteiger partial charge in [-0.15, -0.1) is 0 Å². The Morgan fingerprint density at radius 3 is 2.27 bits per heavy atom. The number of carbonyl (C=O) groups excluding carboxylic acids is 2. The van der Waals surface area contributed by atoms with Gasteiger partial charge in [-0.3, -0.25) is 9.59 Å². The second kappa shape index (κ2) is 12.0. The predicted molar refractivity (Wildman–Crippen MR) is 105 cm³/mol. The van der Waals surface area contributed by atoms with Gasteiger partial charge < -0.3 is 14.7 Å². The first-order valence-corrected chi connectivity index (χ1v) is 11.4. The van der Waals surface area contributed by atoms with Gasteiger partial charge in [0.1, 0.15) is 12.8 Å². The molecule has 0 radical (unpaired) electrons. The van der Waals surface area contributed by atoms with Crippen LogP contribution in [0.25, 0.3) is 0 Å². The van der Waals surface area contributed by atoms with Gasteiger partial charge in [0.05, 0.1) is 17.9 Å². The van der Waals surface area contributed by atoms with Gasteiger partial charge in [0, 0.05) is 6.42 Å². The Bertz CT molecular complexity index is 434. The minimum absolute atomic E-state index is 0.0342. The van der Waals surface area contributed by atoms with E-state index in [4.69, 9.17) is 4.74 Å². The predicted octanol–water partition coefficient (Wildman–Crippen LogP) is 3.53. The van der Waals surface area contributed by atoms with E-state index in [1.807, 2.05) is 6.92 Å². The van der Waals surface area contributed by atoms with Crippen LogP contribution in [-0.2, 0) is 14.3 Å². The normalized spacial score (nSPS) is 26.7. The number of amides is 1. The van der Waals surface area contributed by atoms with Gasteiger partial charge in [-0.05, 0) is 18.6 Å². The molecular weight excluding hydrogens is 350 g/mol.